The average Bonchev–Trinajstić information content (AvgIpc) is 3.36. The fourth-order valence-electron chi connectivity index (χ4n) is 4.31. The number of para-hydroxylation sites is 1. The van der Waals surface area contributed by atoms with Crippen LogP contribution in [0, 0.1) is 6.92 Å². The number of hydrogen-bond donors (Lipinski definition) is 4. The second-order valence-corrected chi connectivity index (χ2v) is 9.04. The molecule has 2 atom stereocenters. The van der Waals surface area contributed by atoms with Crippen LogP contribution in [-0.4, -0.2) is 62.9 Å². The van der Waals surface area contributed by atoms with Gasteiger partial charge in [0.25, 0.3) is 5.91 Å². The summed E-state index contributed by atoms with van der Waals surface area (Å²) in [6.07, 6.45) is -2.67. The molecule has 12 heteroatoms. The van der Waals surface area contributed by atoms with Crippen LogP contribution in [0.25, 0.3) is 22.4 Å². The number of fused-ring (bicyclic) bond motifs is 1. The second kappa shape index (κ2) is 8.75. The number of halogens is 3. The van der Waals surface area contributed by atoms with Crippen molar-refractivity contribution in [3.05, 3.63) is 41.7 Å². The van der Waals surface area contributed by atoms with Crippen LogP contribution in [0.5, 0.6) is 0 Å². The number of carbonyl (C=O) groups is 2. The molecule has 0 radical (unpaired) electrons. The number of alkyl halides is 3. The molecule has 4 rings (SSSR count). The number of aromatic amines is 1. The number of anilines is 1. The molecule has 1 saturated heterocycles. The Balaban J connectivity index is 1.82. The molecule has 1 aromatic carbocycles. The molecule has 0 bridgehead atoms. The van der Waals surface area contributed by atoms with Crippen LogP contribution in [-0.2, 0) is 0 Å². The van der Waals surface area contributed by atoms with E-state index in [2.05, 4.69) is 20.3 Å². The minimum atomic E-state index is -4.62. The zero-order valence-electron chi connectivity index (χ0n) is 19.3. The molecular formula is C23H25F3N6O3. The molecule has 3 aromatic rings. The Morgan fingerprint density at radius 3 is 2.69 bits per heavy atom. The molecule has 0 unspecified atom stereocenters. The molecule has 4 N–H and O–H groups in total. The largest absolute Gasteiger partial charge is 0.465 e. The molecule has 2 aromatic heterocycles. The van der Waals surface area contributed by atoms with Gasteiger partial charge in [0.2, 0.25) is 0 Å². The molecule has 0 aliphatic carbocycles. The number of benzene rings is 1. The summed E-state index contributed by atoms with van der Waals surface area (Å²) >= 11 is 0. The number of rotatable bonds is 5. The first kappa shape index (κ1) is 24.3. The van der Waals surface area contributed by atoms with Gasteiger partial charge in [-0.3, -0.25) is 9.78 Å². The number of carboxylic acid groups (broad SMARTS) is 1. The predicted molar refractivity (Wildman–Crippen MR) is 123 cm³/mol. The summed E-state index contributed by atoms with van der Waals surface area (Å²) in [6.45, 7) is 5.06. The molecule has 35 heavy (non-hydrogen) atoms. The van der Waals surface area contributed by atoms with Crippen molar-refractivity contribution in [2.45, 2.75) is 44.9 Å². The number of pyridine rings is 1. The minimum absolute atomic E-state index is 0.0599. The smallest absolute Gasteiger partial charge is 0.408 e. The number of imidazole rings is 1. The topological polar surface area (TPSA) is 123 Å². The third-order valence-electron chi connectivity index (χ3n) is 6.17. The Hall–Kier alpha value is -3.83. The maximum absolute atomic E-state index is 13.1. The minimum Gasteiger partial charge on any atom is -0.465 e. The Morgan fingerprint density at radius 2 is 2.03 bits per heavy atom. The lowest BCUT2D eigenvalue weighted by Crippen LogP contribution is -2.47. The first-order valence-corrected chi connectivity index (χ1v) is 11.0. The van der Waals surface area contributed by atoms with E-state index in [1.807, 2.05) is 30.4 Å². The summed E-state index contributed by atoms with van der Waals surface area (Å²) in [4.78, 5) is 38.1. The number of amides is 2. The number of carbonyl (C=O) groups excluding carboxylic acids is 1. The van der Waals surface area contributed by atoms with Gasteiger partial charge < -0.3 is 25.6 Å². The van der Waals surface area contributed by atoms with Gasteiger partial charge in [-0.25, -0.2) is 9.78 Å². The Morgan fingerprint density at radius 1 is 1.29 bits per heavy atom. The maximum Gasteiger partial charge on any atom is 0.408 e. The number of aromatic nitrogens is 3. The SMILES string of the molecule is Cc1cccc2[nH]c(-c3cncc(C(=O)N[C@@H](C)C(F)(F)F)c3N3CC[C@](C)(NC(=O)O)C3)nc12. The highest BCUT2D eigenvalue weighted by Gasteiger charge is 2.40. The van der Waals surface area contributed by atoms with Gasteiger partial charge in [-0.2, -0.15) is 13.2 Å². The Bertz CT molecular complexity index is 1290. The van der Waals surface area contributed by atoms with Crippen molar-refractivity contribution in [1.82, 2.24) is 25.6 Å². The van der Waals surface area contributed by atoms with E-state index in [-0.39, 0.29) is 12.1 Å². The highest BCUT2D eigenvalue weighted by Crippen LogP contribution is 2.37. The first-order valence-electron chi connectivity index (χ1n) is 11.0. The average molecular weight is 490 g/mol. The molecule has 186 valence electrons. The highest BCUT2D eigenvalue weighted by molar-refractivity contribution is 6.03. The Labute approximate surface area is 198 Å². The summed E-state index contributed by atoms with van der Waals surface area (Å²) in [5, 5.41) is 13.7. The van der Waals surface area contributed by atoms with E-state index in [9.17, 15) is 27.9 Å². The molecule has 9 nitrogen and oxygen atoms in total. The standard InChI is InChI=1S/C23H25F3N6O3/c1-12-5-4-6-16-17(12)30-19(29-16)14-9-27-10-15(20(33)28-13(2)23(24,25)26)18(14)32-8-7-22(3,11-32)31-21(34)35/h4-6,9-10,13,31H,7-8,11H2,1-3H3,(H,28,33)(H,29,30)(H,34,35)/t13-,22-/m0/s1. The van der Waals surface area contributed by atoms with Gasteiger partial charge in [-0.05, 0) is 38.8 Å². The Kier molecular flexibility index (Phi) is 6.07. The van der Waals surface area contributed by atoms with Crippen LogP contribution in [0.1, 0.15) is 36.2 Å². The van der Waals surface area contributed by atoms with Crippen LogP contribution in [0.3, 0.4) is 0 Å². The van der Waals surface area contributed by atoms with Crippen molar-refractivity contribution >= 4 is 28.7 Å². The summed E-state index contributed by atoms with van der Waals surface area (Å²) in [6, 6.07) is 3.54. The van der Waals surface area contributed by atoms with Gasteiger partial charge in [-0.15, -0.1) is 0 Å². The summed E-state index contributed by atoms with van der Waals surface area (Å²) < 4.78 is 39.4. The third kappa shape index (κ3) is 4.86. The fourth-order valence-corrected chi connectivity index (χ4v) is 4.31. The first-order chi connectivity index (χ1) is 16.4. The van der Waals surface area contributed by atoms with Crippen molar-refractivity contribution in [3.63, 3.8) is 0 Å². The van der Waals surface area contributed by atoms with Gasteiger partial charge in [0.15, 0.2) is 0 Å². The van der Waals surface area contributed by atoms with Gasteiger partial charge in [-0.1, -0.05) is 12.1 Å². The van der Waals surface area contributed by atoms with Crippen LogP contribution < -0.4 is 15.5 Å². The molecule has 3 heterocycles. The number of nitrogens with one attached hydrogen (secondary N) is 3. The van der Waals surface area contributed by atoms with E-state index in [4.69, 9.17) is 0 Å². The molecular weight excluding hydrogens is 465 g/mol. The number of aryl methyl sites for hydroxylation is 1. The highest BCUT2D eigenvalue weighted by atomic mass is 19.4. The van der Waals surface area contributed by atoms with Gasteiger partial charge in [0, 0.05) is 25.5 Å². The quantitative estimate of drug-likeness (QED) is 0.431. The van der Waals surface area contributed by atoms with Crippen LogP contribution in [0.2, 0.25) is 0 Å². The monoisotopic (exact) mass is 490 g/mol. The van der Waals surface area contributed by atoms with E-state index in [1.54, 1.807) is 11.8 Å². The fraction of sp³-hybridized carbons (Fsp3) is 0.391. The summed E-state index contributed by atoms with van der Waals surface area (Å²) in [5.74, 6) is -0.540. The maximum atomic E-state index is 13.1. The lowest BCUT2D eigenvalue weighted by atomic mass is 10.0. The van der Waals surface area contributed by atoms with Crippen LogP contribution in [0.4, 0.5) is 23.7 Å². The van der Waals surface area contributed by atoms with E-state index in [0.717, 1.165) is 18.0 Å². The van der Waals surface area contributed by atoms with Crippen LogP contribution in [0.15, 0.2) is 30.6 Å². The molecule has 1 aliphatic heterocycles. The lowest BCUT2D eigenvalue weighted by molar-refractivity contribution is -0.149. The van der Waals surface area contributed by atoms with Crippen molar-refractivity contribution in [2.75, 3.05) is 18.0 Å². The number of hydrogen-bond acceptors (Lipinski definition) is 5. The van der Waals surface area contributed by atoms with E-state index < -0.39 is 29.8 Å². The molecule has 2 amide bonds. The van der Waals surface area contributed by atoms with Gasteiger partial charge in [0.05, 0.1) is 33.4 Å². The normalized spacial score (nSPS) is 19.1. The van der Waals surface area contributed by atoms with Crippen LogP contribution >= 0.6 is 0 Å². The molecule has 0 spiro atoms. The lowest BCUT2D eigenvalue weighted by Gasteiger charge is -2.28. The van der Waals surface area contributed by atoms with Crippen molar-refractivity contribution in [2.24, 2.45) is 0 Å². The summed E-state index contributed by atoms with van der Waals surface area (Å²) in [5.41, 5.74) is 2.27. The van der Waals surface area contributed by atoms with Gasteiger partial charge >= 0.3 is 12.3 Å². The van der Waals surface area contributed by atoms with E-state index in [1.165, 1.54) is 12.4 Å². The van der Waals surface area contributed by atoms with Gasteiger partial charge in [0.1, 0.15) is 11.9 Å². The zero-order valence-corrected chi connectivity index (χ0v) is 19.3. The second-order valence-electron chi connectivity index (χ2n) is 9.04. The molecule has 1 aliphatic rings. The predicted octanol–water partition coefficient (Wildman–Crippen LogP) is 3.85. The van der Waals surface area contributed by atoms with E-state index in [0.29, 0.717) is 35.6 Å². The third-order valence-corrected chi connectivity index (χ3v) is 6.17. The molecule has 1 fully saturated rings. The van der Waals surface area contributed by atoms with Crippen molar-refractivity contribution < 1.29 is 27.9 Å². The number of nitrogens with zero attached hydrogens (tertiary/aromatic N) is 3. The van der Waals surface area contributed by atoms with E-state index >= 15 is 0 Å². The number of H-pyrrole nitrogens is 1. The summed E-state index contributed by atoms with van der Waals surface area (Å²) in [7, 11) is 0. The van der Waals surface area contributed by atoms with Crippen molar-refractivity contribution in [1.29, 1.82) is 0 Å². The molecule has 0 saturated carbocycles. The van der Waals surface area contributed by atoms with Crippen molar-refractivity contribution in [3.8, 4) is 11.4 Å². The zero-order chi connectivity index (χ0) is 25.5.